The average Bonchev–Trinajstić information content (AvgIpc) is 3.39. The fourth-order valence-electron chi connectivity index (χ4n) is 4.34. The molecule has 0 spiro atoms. The molecule has 1 atom stereocenters. The molecule has 0 saturated heterocycles. The molecule has 4 N–H and O–H groups in total. The molecule has 1 aliphatic rings. The zero-order valence-corrected chi connectivity index (χ0v) is 23.9. The van der Waals surface area contributed by atoms with E-state index in [1.165, 1.54) is 36.9 Å². The number of hydrogen-bond acceptors (Lipinski definition) is 7. The van der Waals surface area contributed by atoms with Crippen LogP contribution in [0.1, 0.15) is 40.9 Å². The molecule has 10 nitrogen and oxygen atoms in total. The van der Waals surface area contributed by atoms with Crippen LogP contribution in [0.4, 0.5) is 18.9 Å². The molecule has 0 aromatic heterocycles. The topological polar surface area (TPSA) is 140 Å². The minimum absolute atomic E-state index is 0.0952. The number of nitrogens with zero attached hydrogens (tertiary/aromatic N) is 1. The maximum absolute atomic E-state index is 13.6. The van der Waals surface area contributed by atoms with Crippen molar-refractivity contribution in [2.45, 2.75) is 51.3 Å². The van der Waals surface area contributed by atoms with Crippen LogP contribution in [0.15, 0.2) is 72.8 Å². The third kappa shape index (κ3) is 8.20. The summed E-state index contributed by atoms with van der Waals surface area (Å²) in [4.78, 5) is 52.0. The van der Waals surface area contributed by atoms with E-state index in [-0.39, 0.29) is 31.9 Å². The summed E-state index contributed by atoms with van der Waals surface area (Å²) < 4.78 is 48.2. The van der Waals surface area contributed by atoms with E-state index >= 15 is 0 Å². The molecule has 3 aromatic carbocycles. The van der Waals surface area contributed by atoms with Gasteiger partial charge in [-0.25, -0.2) is 4.79 Å². The number of carbonyl (C=O) groups is 4. The number of ether oxygens (including phenoxy) is 2. The first-order chi connectivity index (χ1) is 20.7. The van der Waals surface area contributed by atoms with Crippen molar-refractivity contribution in [2.24, 2.45) is 5.73 Å². The number of rotatable bonds is 10. The number of nitrogens with two attached hydrogens (primary N) is 1. The van der Waals surface area contributed by atoms with Gasteiger partial charge in [-0.05, 0) is 54.8 Å². The Labute approximate surface area is 251 Å². The molecular formula is C31H31F3N4O6. The number of anilines is 1. The van der Waals surface area contributed by atoms with E-state index in [4.69, 9.17) is 10.5 Å². The van der Waals surface area contributed by atoms with Gasteiger partial charge in [-0.2, -0.15) is 13.2 Å². The lowest BCUT2D eigenvalue weighted by Crippen LogP contribution is -2.57. The van der Waals surface area contributed by atoms with E-state index in [2.05, 4.69) is 15.4 Å². The van der Waals surface area contributed by atoms with Crippen LogP contribution < -0.4 is 21.1 Å². The van der Waals surface area contributed by atoms with Crippen LogP contribution in [-0.2, 0) is 38.8 Å². The van der Waals surface area contributed by atoms with Crippen LogP contribution >= 0.6 is 0 Å². The standard InChI is InChI=1S/C31H31F3N4O6/c1-30(2,35)28(41)37-24(18-43-17-19-8-4-3-5-9-19)27(40)38-15-20-12-13-22(14-21(20)16-38)36-26(39)23-10-6-7-11-25(23)44-29(42)31(32,33)34/h3-14,24H,15-18,35H2,1-2H3,(H,36,39)(H,37,41)/t24-/m1/s1. The van der Waals surface area contributed by atoms with Crippen LogP contribution in [0.3, 0.4) is 0 Å². The summed E-state index contributed by atoms with van der Waals surface area (Å²) in [5.74, 6) is -4.72. The number of halogens is 3. The normalized spacial score (nSPS) is 13.5. The van der Waals surface area contributed by atoms with E-state index in [9.17, 15) is 32.3 Å². The number of alkyl halides is 3. The Kier molecular flexibility index (Phi) is 9.70. The number of hydrogen-bond donors (Lipinski definition) is 3. The molecule has 1 aliphatic heterocycles. The Bertz CT molecular complexity index is 1540. The lowest BCUT2D eigenvalue weighted by atomic mass is 10.1. The third-order valence-corrected chi connectivity index (χ3v) is 6.65. The molecule has 0 unspecified atom stereocenters. The molecule has 3 amide bonds. The van der Waals surface area contributed by atoms with Gasteiger partial charge in [0, 0.05) is 18.8 Å². The highest BCUT2D eigenvalue weighted by atomic mass is 19.4. The molecule has 0 saturated carbocycles. The van der Waals surface area contributed by atoms with Gasteiger partial charge in [0.15, 0.2) is 0 Å². The van der Waals surface area contributed by atoms with E-state index < -0.39 is 47.2 Å². The SMILES string of the molecule is CC(C)(N)C(=O)N[C@H](COCc1ccccc1)C(=O)N1Cc2ccc(NC(=O)c3ccccc3OC(=O)C(F)(F)F)cc2C1. The van der Waals surface area contributed by atoms with Gasteiger partial charge >= 0.3 is 12.1 Å². The minimum Gasteiger partial charge on any atom is -0.419 e. The zero-order chi connectivity index (χ0) is 32.1. The largest absolute Gasteiger partial charge is 0.491 e. The number of benzene rings is 3. The van der Waals surface area contributed by atoms with Gasteiger partial charge < -0.3 is 30.7 Å². The number of para-hydroxylation sites is 1. The molecule has 44 heavy (non-hydrogen) atoms. The summed E-state index contributed by atoms with van der Waals surface area (Å²) in [6.45, 7) is 3.57. The van der Waals surface area contributed by atoms with Gasteiger partial charge in [0.25, 0.3) is 5.91 Å². The molecule has 4 rings (SSSR count). The summed E-state index contributed by atoms with van der Waals surface area (Å²) >= 11 is 0. The van der Waals surface area contributed by atoms with Gasteiger partial charge in [0.2, 0.25) is 11.8 Å². The number of carbonyl (C=O) groups excluding carboxylic acids is 4. The van der Waals surface area contributed by atoms with Gasteiger partial charge in [0.05, 0.1) is 24.3 Å². The summed E-state index contributed by atoms with van der Waals surface area (Å²) in [6, 6.07) is 18.3. The Morgan fingerprint density at radius 2 is 1.59 bits per heavy atom. The first kappa shape index (κ1) is 32.2. The van der Waals surface area contributed by atoms with E-state index in [1.54, 1.807) is 18.2 Å². The lowest BCUT2D eigenvalue weighted by Gasteiger charge is -2.27. The molecular weight excluding hydrogens is 581 g/mol. The lowest BCUT2D eigenvalue weighted by molar-refractivity contribution is -0.189. The van der Waals surface area contributed by atoms with Crippen LogP contribution in [0.5, 0.6) is 5.75 Å². The Hall–Kier alpha value is -4.75. The summed E-state index contributed by atoms with van der Waals surface area (Å²) in [6.07, 6.45) is -5.23. The maximum atomic E-state index is 13.6. The molecule has 1 heterocycles. The number of fused-ring (bicyclic) bond motifs is 1. The molecule has 13 heteroatoms. The molecule has 0 bridgehead atoms. The van der Waals surface area contributed by atoms with Gasteiger partial charge in [-0.1, -0.05) is 48.5 Å². The van der Waals surface area contributed by atoms with Crippen molar-refractivity contribution in [3.8, 4) is 5.75 Å². The first-order valence-corrected chi connectivity index (χ1v) is 13.5. The minimum atomic E-state index is -5.23. The molecule has 0 radical (unpaired) electrons. The highest BCUT2D eigenvalue weighted by molar-refractivity contribution is 6.06. The van der Waals surface area contributed by atoms with Crippen LogP contribution in [0.25, 0.3) is 0 Å². The Morgan fingerprint density at radius 1 is 0.932 bits per heavy atom. The zero-order valence-electron chi connectivity index (χ0n) is 23.9. The molecule has 0 aliphatic carbocycles. The maximum Gasteiger partial charge on any atom is 0.491 e. The fourth-order valence-corrected chi connectivity index (χ4v) is 4.34. The van der Waals surface area contributed by atoms with E-state index in [1.807, 2.05) is 30.3 Å². The monoisotopic (exact) mass is 612 g/mol. The average molecular weight is 613 g/mol. The van der Waals surface area contributed by atoms with Crippen molar-refractivity contribution in [1.29, 1.82) is 0 Å². The molecule has 232 valence electrons. The molecule has 3 aromatic rings. The first-order valence-electron chi connectivity index (χ1n) is 13.5. The summed E-state index contributed by atoms with van der Waals surface area (Å²) in [7, 11) is 0. The number of amides is 3. The second kappa shape index (κ2) is 13.3. The van der Waals surface area contributed by atoms with Crippen LogP contribution in [-0.4, -0.2) is 53.0 Å². The van der Waals surface area contributed by atoms with E-state index in [0.717, 1.165) is 17.2 Å². The highest BCUT2D eigenvalue weighted by Gasteiger charge is 2.42. The van der Waals surface area contributed by atoms with Crippen molar-refractivity contribution in [1.82, 2.24) is 10.2 Å². The number of nitrogens with one attached hydrogen (secondary N) is 2. The summed E-state index contributed by atoms with van der Waals surface area (Å²) in [5.41, 5.74) is 7.13. The fraction of sp³-hybridized carbons (Fsp3) is 0.290. The van der Waals surface area contributed by atoms with Gasteiger partial charge in [-0.15, -0.1) is 0 Å². The van der Waals surface area contributed by atoms with Crippen molar-refractivity contribution in [2.75, 3.05) is 11.9 Å². The second-order valence-electron chi connectivity index (χ2n) is 10.8. The quantitative estimate of drug-likeness (QED) is 0.234. The Balaban J connectivity index is 1.44. The predicted molar refractivity (Wildman–Crippen MR) is 153 cm³/mol. The van der Waals surface area contributed by atoms with Crippen molar-refractivity contribution in [3.05, 3.63) is 95.1 Å². The van der Waals surface area contributed by atoms with Gasteiger partial charge in [-0.3, -0.25) is 14.4 Å². The summed E-state index contributed by atoms with van der Waals surface area (Å²) in [5, 5.41) is 5.27. The highest BCUT2D eigenvalue weighted by Crippen LogP contribution is 2.28. The third-order valence-electron chi connectivity index (χ3n) is 6.65. The van der Waals surface area contributed by atoms with Crippen LogP contribution in [0, 0.1) is 0 Å². The number of esters is 1. The van der Waals surface area contributed by atoms with Crippen molar-refractivity contribution in [3.63, 3.8) is 0 Å². The van der Waals surface area contributed by atoms with Crippen molar-refractivity contribution < 1.29 is 41.8 Å². The second-order valence-corrected chi connectivity index (χ2v) is 10.8. The Morgan fingerprint density at radius 3 is 2.27 bits per heavy atom. The van der Waals surface area contributed by atoms with E-state index in [0.29, 0.717) is 11.3 Å². The smallest absolute Gasteiger partial charge is 0.419 e. The predicted octanol–water partition coefficient (Wildman–Crippen LogP) is 3.69. The molecule has 0 fully saturated rings. The van der Waals surface area contributed by atoms with Crippen LogP contribution in [0.2, 0.25) is 0 Å². The van der Waals surface area contributed by atoms with Crippen molar-refractivity contribution >= 4 is 29.4 Å². The van der Waals surface area contributed by atoms with Gasteiger partial charge in [0.1, 0.15) is 11.8 Å².